The number of allylic oxidation sites excluding steroid dienone is 1. The molecule has 0 fully saturated rings. The van der Waals surface area contributed by atoms with Gasteiger partial charge in [0.15, 0.2) is 0 Å². The van der Waals surface area contributed by atoms with Gasteiger partial charge in [-0.3, -0.25) is 0 Å². The second kappa shape index (κ2) is 4.74. The summed E-state index contributed by atoms with van der Waals surface area (Å²) in [6.45, 7) is 3.07. The quantitative estimate of drug-likeness (QED) is 0.685. The predicted octanol–water partition coefficient (Wildman–Crippen LogP) is 1.00. The molecule has 1 heterocycles. The van der Waals surface area contributed by atoms with Gasteiger partial charge in [0.25, 0.3) is 0 Å². The van der Waals surface area contributed by atoms with Crippen molar-refractivity contribution in [2.75, 3.05) is 6.54 Å². The standard InChI is InChI=1S/C9H17N3O/c1-2-6-12-7-4-3-5-8(12)11-9(10)13/h4,7-8H,2-3,5-6H2,1H3,(H3,10,11,13). The zero-order valence-corrected chi connectivity index (χ0v) is 7.99. The first-order valence-electron chi connectivity index (χ1n) is 4.72. The lowest BCUT2D eigenvalue weighted by molar-refractivity contribution is 0.200. The first-order valence-corrected chi connectivity index (χ1v) is 4.72. The lowest BCUT2D eigenvalue weighted by Gasteiger charge is -2.33. The van der Waals surface area contributed by atoms with Crippen LogP contribution in [0.15, 0.2) is 12.3 Å². The topological polar surface area (TPSA) is 58.4 Å². The molecule has 1 aliphatic rings. The molecule has 0 saturated heterocycles. The highest BCUT2D eigenvalue weighted by Gasteiger charge is 2.17. The molecule has 1 rings (SSSR count). The molecule has 0 radical (unpaired) electrons. The Morgan fingerprint density at radius 2 is 2.54 bits per heavy atom. The third-order valence-corrected chi connectivity index (χ3v) is 2.09. The number of carbonyl (C=O) groups excluding carboxylic acids is 1. The number of nitrogens with two attached hydrogens (primary N) is 1. The molecule has 74 valence electrons. The number of urea groups is 1. The summed E-state index contributed by atoms with van der Waals surface area (Å²) < 4.78 is 0. The van der Waals surface area contributed by atoms with Crippen molar-refractivity contribution in [1.29, 1.82) is 0 Å². The van der Waals surface area contributed by atoms with E-state index in [1.807, 2.05) is 6.20 Å². The SMILES string of the molecule is CCCN1C=CCCC1NC(N)=O. The molecule has 0 aromatic heterocycles. The normalized spacial score (nSPS) is 21.6. The van der Waals surface area contributed by atoms with Crippen molar-refractivity contribution in [2.24, 2.45) is 5.73 Å². The van der Waals surface area contributed by atoms with Crippen molar-refractivity contribution in [3.63, 3.8) is 0 Å². The molecule has 13 heavy (non-hydrogen) atoms. The molecule has 0 aliphatic carbocycles. The summed E-state index contributed by atoms with van der Waals surface area (Å²) >= 11 is 0. The van der Waals surface area contributed by atoms with E-state index in [0.29, 0.717) is 0 Å². The average Bonchev–Trinajstić information content (AvgIpc) is 2.08. The highest BCUT2D eigenvalue weighted by atomic mass is 16.2. The second-order valence-electron chi connectivity index (χ2n) is 3.22. The fourth-order valence-corrected chi connectivity index (χ4v) is 1.54. The van der Waals surface area contributed by atoms with Crippen LogP contribution in [0.5, 0.6) is 0 Å². The summed E-state index contributed by atoms with van der Waals surface area (Å²) in [6.07, 6.45) is 7.26. The van der Waals surface area contributed by atoms with Crippen LogP contribution in [0.4, 0.5) is 4.79 Å². The highest BCUT2D eigenvalue weighted by molar-refractivity contribution is 5.71. The van der Waals surface area contributed by atoms with Crippen LogP contribution in [0.2, 0.25) is 0 Å². The number of rotatable bonds is 3. The van der Waals surface area contributed by atoms with Crippen molar-refractivity contribution >= 4 is 6.03 Å². The molecular formula is C9H17N3O. The number of nitrogens with one attached hydrogen (secondary N) is 1. The first kappa shape index (κ1) is 9.89. The Kier molecular flexibility index (Phi) is 3.61. The molecule has 1 atom stereocenters. The summed E-state index contributed by atoms with van der Waals surface area (Å²) in [5, 5.41) is 2.73. The summed E-state index contributed by atoms with van der Waals surface area (Å²) in [5.74, 6) is 0. The minimum Gasteiger partial charge on any atom is -0.358 e. The van der Waals surface area contributed by atoms with Gasteiger partial charge in [-0.1, -0.05) is 13.0 Å². The fourth-order valence-electron chi connectivity index (χ4n) is 1.54. The molecule has 0 saturated carbocycles. The van der Waals surface area contributed by atoms with E-state index in [0.717, 1.165) is 25.8 Å². The van der Waals surface area contributed by atoms with Gasteiger partial charge in [-0.2, -0.15) is 0 Å². The van der Waals surface area contributed by atoms with Gasteiger partial charge in [0, 0.05) is 6.54 Å². The Morgan fingerprint density at radius 3 is 3.15 bits per heavy atom. The van der Waals surface area contributed by atoms with Crippen molar-refractivity contribution in [3.8, 4) is 0 Å². The Labute approximate surface area is 78.8 Å². The molecule has 4 nitrogen and oxygen atoms in total. The highest BCUT2D eigenvalue weighted by Crippen LogP contribution is 2.12. The molecule has 4 heteroatoms. The molecular weight excluding hydrogens is 166 g/mol. The second-order valence-corrected chi connectivity index (χ2v) is 3.22. The Bertz CT molecular complexity index is 203. The molecule has 1 unspecified atom stereocenters. The van der Waals surface area contributed by atoms with Crippen LogP contribution in [0.25, 0.3) is 0 Å². The monoisotopic (exact) mass is 183 g/mol. The van der Waals surface area contributed by atoms with E-state index in [4.69, 9.17) is 5.73 Å². The van der Waals surface area contributed by atoms with Crippen LogP contribution in [-0.2, 0) is 0 Å². The van der Waals surface area contributed by atoms with Gasteiger partial charge >= 0.3 is 6.03 Å². The number of nitrogens with zero attached hydrogens (tertiary/aromatic N) is 1. The number of primary amides is 1. The van der Waals surface area contributed by atoms with E-state index in [9.17, 15) is 4.79 Å². The van der Waals surface area contributed by atoms with Crippen molar-refractivity contribution in [3.05, 3.63) is 12.3 Å². The van der Waals surface area contributed by atoms with Gasteiger partial charge < -0.3 is 16.0 Å². The molecule has 3 N–H and O–H groups in total. The van der Waals surface area contributed by atoms with Crippen LogP contribution in [-0.4, -0.2) is 23.6 Å². The Balaban J connectivity index is 2.49. The maximum atomic E-state index is 10.7. The van der Waals surface area contributed by atoms with Crippen LogP contribution < -0.4 is 11.1 Å². The number of hydrogen-bond acceptors (Lipinski definition) is 2. The van der Waals surface area contributed by atoms with E-state index in [2.05, 4.69) is 23.2 Å². The van der Waals surface area contributed by atoms with Crippen molar-refractivity contribution in [2.45, 2.75) is 32.4 Å². The number of hydrogen-bond donors (Lipinski definition) is 2. The van der Waals surface area contributed by atoms with Gasteiger partial charge in [0.2, 0.25) is 0 Å². The molecule has 2 amide bonds. The first-order chi connectivity index (χ1) is 6.24. The minimum atomic E-state index is -0.443. The van der Waals surface area contributed by atoms with Crippen LogP contribution >= 0.6 is 0 Å². The van der Waals surface area contributed by atoms with E-state index in [1.165, 1.54) is 0 Å². The fraction of sp³-hybridized carbons (Fsp3) is 0.667. The third kappa shape index (κ3) is 2.97. The van der Waals surface area contributed by atoms with Crippen LogP contribution in [0.1, 0.15) is 26.2 Å². The Morgan fingerprint density at radius 1 is 1.77 bits per heavy atom. The number of amides is 2. The van der Waals surface area contributed by atoms with Gasteiger partial charge in [0.05, 0.1) is 0 Å². The van der Waals surface area contributed by atoms with Crippen LogP contribution in [0.3, 0.4) is 0 Å². The van der Waals surface area contributed by atoms with Gasteiger partial charge in [0.1, 0.15) is 6.17 Å². The molecule has 0 aromatic carbocycles. The van der Waals surface area contributed by atoms with Gasteiger partial charge in [-0.05, 0) is 25.5 Å². The van der Waals surface area contributed by atoms with E-state index >= 15 is 0 Å². The molecule has 0 aromatic rings. The molecule has 0 bridgehead atoms. The maximum absolute atomic E-state index is 10.7. The van der Waals surface area contributed by atoms with Crippen molar-refractivity contribution < 1.29 is 4.79 Å². The minimum absolute atomic E-state index is 0.0856. The molecule has 0 spiro atoms. The van der Waals surface area contributed by atoms with Gasteiger partial charge in [-0.25, -0.2) is 4.79 Å². The third-order valence-electron chi connectivity index (χ3n) is 2.09. The predicted molar refractivity (Wildman–Crippen MR) is 51.9 cm³/mol. The summed E-state index contributed by atoms with van der Waals surface area (Å²) in [4.78, 5) is 12.8. The summed E-state index contributed by atoms with van der Waals surface area (Å²) in [6, 6.07) is -0.443. The largest absolute Gasteiger partial charge is 0.358 e. The maximum Gasteiger partial charge on any atom is 0.313 e. The number of carbonyl (C=O) groups is 1. The average molecular weight is 183 g/mol. The van der Waals surface area contributed by atoms with Crippen molar-refractivity contribution in [1.82, 2.24) is 10.2 Å². The van der Waals surface area contributed by atoms with E-state index in [1.54, 1.807) is 0 Å². The van der Waals surface area contributed by atoms with Gasteiger partial charge in [-0.15, -0.1) is 0 Å². The Hall–Kier alpha value is -1.19. The zero-order chi connectivity index (χ0) is 9.68. The lowest BCUT2D eigenvalue weighted by Crippen LogP contribution is -2.49. The molecule has 1 aliphatic heterocycles. The van der Waals surface area contributed by atoms with Crippen LogP contribution in [0, 0.1) is 0 Å². The lowest BCUT2D eigenvalue weighted by atomic mass is 10.1. The smallest absolute Gasteiger partial charge is 0.313 e. The summed E-state index contributed by atoms with van der Waals surface area (Å²) in [7, 11) is 0. The van der Waals surface area contributed by atoms with E-state index < -0.39 is 6.03 Å². The summed E-state index contributed by atoms with van der Waals surface area (Å²) in [5.41, 5.74) is 5.08. The van der Waals surface area contributed by atoms with E-state index in [-0.39, 0.29) is 6.17 Å². The zero-order valence-electron chi connectivity index (χ0n) is 7.99.